The molecule has 0 amide bonds. The first-order chi connectivity index (χ1) is 15.8. The van der Waals surface area contributed by atoms with Gasteiger partial charge >= 0.3 is 11.7 Å². The van der Waals surface area contributed by atoms with E-state index >= 15 is 0 Å². The number of methoxy groups -OCH3 is 1. The quantitative estimate of drug-likeness (QED) is 0.437. The SMILES string of the molecule is CCOc1ccc2c(c1)n(-c1ccccn1)c(=O)n2S(=O)(=O)c1ccc(C(=O)O)cc1OC. The van der Waals surface area contributed by atoms with E-state index in [1.165, 1.54) is 23.9 Å². The zero-order valence-electron chi connectivity index (χ0n) is 17.6. The standard InChI is InChI=1S/C22H19N3O7S/c1-3-32-15-8-9-16-17(13-15)24(20-6-4-5-11-23-20)22(28)25(16)33(29,30)19-10-7-14(21(26)27)12-18(19)31-2/h4-13H,3H2,1-2H3,(H,26,27). The van der Waals surface area contributed by atoms with Crippen molar-refractivity contribution in [3.63, 3.8) is 0 Å². The lowest BCUT2D eigenvalue weighted by molar-refractivity contribution is 0.0696. The average molecular weight is 469 g/mol. The molecule has 2 aromatic heterocycles. The van der Waals surface area contributed by atoms with Crippen LogP contribution in [0.25, 0.3) is 16.9 Å². The molecule has 0 atom stereocenters. The molecule has 2 heterocycles. The first kappa shape index (κ1) is 22.1. The number of ether oxygens (including phenoxy) is 2. The van der Waals surface area contributed by atoms with Gasteiger partial charge in [0.2, 0.25) is 0 Å². The van der Waals surface area contributed by atoms with Gasteiger partial charge in [0.1, 0.15) is 22.2 Å². The Morgan fingerprint density at radius 3 is 2.52 bits per heavy atom. The van der Waals surface area contributed by atoms with Crippen LogP contribution in [0.15, 0.2) is 70.5 Å². The number of aromatic carboxylic acids is 1. The Morgan fingerprint density at radius 1 is 1.09 bits per heavy atom. The second-order valence-electron chi connectivity index (χ2n) is 6.83. The van der Waals surface area contributed by atoms with Crippen LogP contribution in [0.1, 0.15) is 17.3 Å². The van der Waals surface area contributed by atoms with Crippen LogP contribution in [-0.2, 0) is 10.0 Å². The molecule has 0 aliphatic carbocycles. The molecule has 0 aliphatic heterocycles. The molecular formula is C22H19N3O7S. The molecule has 4 rings (SSSR count). The largest absolute Gasteiger partial charge is 0.495 e. The summed E-state index contributed by atoms with van der Waals surface area (Å²) in [7, 11) is -3.28. The normalized spacial score (nSPS) is 11.5. The van der Waals surface area contributed by atoms with Crippen molar-refractivity contribution in [2.75, 3.05) is 13.7 Å². The van der Waals surface area contributed by atoms with Crippen LogP contribution < -0.4 is 15.2 Å². The predicted octanol–water partition coefficient (Wildman–Crippen LogP) is 2.53. The molecule has 0 bridgehead atoms. The number of nitrogens with zero attached hydrogens (tertiary/aromatic N) is 3. The highest BCUT2D eigenvalue weighted by Crippen LogP contribution is 2.30. The highest BCUT2D eigenvalue weighted by atomic mass is 32.2. The number of carbonyl (C=O) groups is 1. The van der Waals surface area contributed by atoms with Crippen LogP contribution >= 0.6 is 0 Å². The maximum Gasteiger partial charge on any atom is 0.349 e. The maximum absolute atomic E-state index is 13.7. The summed E-state index contributed by atoms with van der Waals surface area (Å²) in [6.07, 6.45) is 1.49. The van der Waals surface area contributed by atoms with E-state index < -0.39 is 21.7 Å². The Kier molecular flexibility index (Phi) is 5.64. The summed E-state index contributed by atoms with van der Waals surface area (Å²) in [5.41, 5.74) is -0.662. The molecule has 0 fully saturated rings. The monoisotopic (exact) mass is 469 g/mol. The van der Waals surface area contributed by atoms with Gasteiger partial charge in [0.05, 0.1) is 30.3 Å². The highest BCUT2D eigenvalue weighted by molar-refractivity contribution is 7.90. The van der Waals surface area contributed by atoms with Gasteiger partial charge in [-0.05, 0) is 49.4 Å². The van der Waals surface area contributed by atoms with Crippen LogP contribution in [0.5, 0.6) is 11.5 Å². The summed E-state index contributed by atoms with van der Waals surface area (Å²) in [5.74, 6) is -0.771. The lowest BCUT2D eigenvalue weighted by atomic mass is 10.2. The van der Waals surface area contributed by atoms with Gasteiger partial charge in [-0.25, -0.2) is 27.6 Å². The minimum absolute atomic E-state index is 0.0958. The van der Waals surface area contributed by atoms with Crippen LogP contribution in [0, 0.1) is 0 Å². The number of rotatable bonds is 7. The summed E-state index contributed by atoms with van der Waals surface area (Å²) in [6.45, 7) is 2.18. The van der Waals surface area contributed by atoms with E-state index in [9.17, 15) is 23.1 Å². The second-order valence-corrected chi connectivity index (χ2v) is 8.58. The lowest BCUT2D eigenvalue weighted by Gasteiger charge is -2.11. The number of imidazole rings is 1. The van der Waals surface area contributed by atoms with Gasteiger partial charge in [-0.3, -0.25) is 0 Å². The number of pyridine rings is 1. The minimum atomic E-state index is -4.50. The molecule has 33 heavy (non-hydrogen) atoms. The van der Waals surface area contributed by atoms with Crippen LogP contribution in [0.3, 0.4) is 0 Å². The average Bonchev–Trinajstić information content (AvgIpc) is 3.11. The number of carboxylic acids is 1. The highest BCUT2D eigenvalue weighted by Gasteiger charge is 2.29. The van der Waals surface area contributed by atoms with Gasteiger partial charge in [-0.2, -0.15) is 3.97 Å². The number of benzene rings is 2. The van der Waals surface area contributed by atoms with E-state index in [2.05, 4.69) is 4.98 Å². The summed E-state index contributed by atoms with van der Waals surface area (Å²) in [5, 5.41) is 9.22. The fraction of sp³-hybridized carbons (Fsp3) is 0.136. The molecule has 0 unspecified atom stereocenters. The van der Waals surface area contributed by atoms with Crippen molar-refractivity contribution in [1.29, 1.82) is 0 Å². The van der Waals surface area contributed by atoms with E-state index in [0.29, 0.717) is 16.3 Å². The van der Waals surface area contributed by atoms with Crippen molar-refractivity contribution in [3.05, 3.63) is 76.8 Å². The van der Waals surface area contributed by atoms with Gasteiger partial charge in [0, 0.05) is 12.3 Å². The third-order valence-electron chi connectivity index (χ3n) is 4.89. The number of aromatic nitrogens is 3. The van der Waals surface area contributed by atoms with Gasteiger partial charge in [-0.15, -0.1) is 0 Å². The van der Waals surface area contributed by atoms with Crippen molar-refractivity contribution in [2.45, 2.75) is 11.8 Å². The van der Waals surface area contributed by atoms with Crippen LogP contribution in [-0.4, -0.2) is 46.7 Å². The molecule has 0 radical (unpaired) electrons. The topological polar surface area (TPSA) is 130 Å². The summed E-state index contributed by atoms with van der Waals surface area (Å²) in [6, 6.07) is 12.8. The number of hydrogen-bond donors (Lipinski definition) is 1. The third-order valence-corrected chi connectivity index (χ3v) is 6.62. The van der Waals surface area contributed by atoms with Crippen molar-refractivity contribution in [3.8, 4) is 17.3 Å². The van der Waals surface area contributed by atoms with Crippen molar-refractivity contribution >= 4 is 27.0 Å². The molecule has 0 spiro atoms. The molecule has 0 aliphatic rings. The molecule has 0 saturated heterocycles. The smallest absolute Gasteiger partial charge is 0.349 e. The van der Waals surface area contributed by atoms with Crippen molar-refractivity contribution in [1.82, 2.24) is 13.5 Å². The van der Waals surface area contributed by atoms with Gasteiger partial charge < -0.3 is 14.6 Å². The molecule has 170 valence electrons. The number of hydrogen-bond acceptors (Lipinski definition) is 7. The molecule has 11 heteroatoms. The summed E-state index contributed by atoms with van der Waals surface area (Å²) < 4.78 is 39.8. The van der Waals surface area contributed by atoms with E-state index in [1.54, 1.807) is 37.3 Å². The fourth-order valence-corrected chi connectivity index (χ4v) is 4.99. The van der Waals surface area contributed by atoms with Gasteiger partial charge in [0.15, 0.2) is 0 Å². The predicted molar refractivity (Wildman–Crippen MR) is 119 cm³/mol. The van der Waals surface area contributed by atoms with Crippen molar-refractivity contribution in [2.24, 2.45) is 0 Å². The fourth-order valence-electron chi connectivity index (χ4n) is 3.46. The van der Waals surface area contributed by atoms with Gasteiger partial charge in [-0.1, -0.05) is 6.07 Å². The Bertz CT molecular complexity index is 1520. The number of fused-ring (bicyclic) bond motifs is 1. The molecule has 1 N–H and O–H groups in total. The van der Waals surface area contributed by atoms with E-state index in [0.717, 1.165) is 18.2 Å². The minimum Gasteiger partial charge on any atom is -0.495 e. The van der Waals surface area contributed by atoms with Crippen LogP contribution in [0.2, 0.25) is 0 Å². The lowest BCUT2D eigenvalue weighted by Crippen LogP contribution is -2.29. The first-order valence-electron chi connectivity index (χ1n) is 9.78. The van der Waals surface area contributed by atoms with Crippen molar-refractivity contribution < 1.29 is 27.8 Å². The maximum atomic E-state index is 13.7. The molecular weight excluding hydrogens is 450 g/mol. The second kappa shape index (κ2) is 8.43. The zero-order valence-corrected chi connectivity index (χ0v) is 18.4. The Morgan fingerprint density at radius 2 is 1.88 bits per heavy atom. The third kappa shape index (κ3) is 3.72. The summed E-state index contributed by atoms with van der Waals surface area (Å²) >= 11 is 0. The van der Waals surface area contributed by atoms with Gasteiger partial charge in [0.25, 0.3) is 10.0 Å². The first-order valence-corrected chi connectivity index (χ1v) is 11.2. The molecule has 4 aromatic rings. The number of carboxylic acid groups (broad SMARTS) is 1. The van der Waals surface area contributed by atoms with E-state index in [4.69, 9.17) is 9.47 Å². The zero-order chi connectivity index (χ0) is 23.8. The van der Waals surface area contributed by atoms with E-state index in [-0.39, 0.29) is 33.1 Å². The summed E-state index contributed by atoms with van der Waals surface area (Å²) in [4.78, 5) is 28.6. The Hall–Kier alpha value is -4.12. The molecule has 10 nitrogen and oxygen atoms in total. The van der Waals surface area contributed by atoms with E-state index in [1.807, 2.05) is 0 Å². The molecule has 2 aromatic carbocycles. The Labute approximate surface area is 188 Å². The van der Waals surface area contributed by atoms with Crippen LogP contribution in [0.4, 0.5) is 0 Å². The Balaban J connectivity index is 2.05. The molecule has 0 saturated carbocycles.